The first-order valence-electron chi connectivity index (χ1n) is 10.3. The zero-order valence-corrected chi connectivity index (χ0v) is 17.7. The van der Waals surface area contributed by atoms with Crippen LogP contribution in [0.3, 0.4) is 0 Å². The van der Waals surface area contributed by atoms with Crippen molar-refractivity contribution in [2.75, 3.05) is 34.4 Å². The quantitative estimate of drug-likeness (QED) is 0.594. The molecular formula is C22H35NO5. The SMILES string of the molecule is CCCCCCC(=O)Cc1c(OC)cc(OC)c([C@@H]2CCN(C)C[C@H]2O)c1O. The maximum absolute atomic E-state index is 12.5. The topological polar surface area (TPSA) is 79.2 Å². The molecule has 1 aromatic rings. The molecule has 1 aliphatic heterocycles. The van der Waals surface area contributed by atoms with E-state index in [1.165, 1.54) is 14.2 Å². The number of benzene rings is 1. The van der Waals surface area contributed by atoms with Crippen LogP contribution in [0.5, 0.6) is 17.2 Å². The molecule has 158 valence electrons. The average Bonchev–Trinajstić information content (AvgIpc) is 2.67. The Hall–Kier alpha value is -1.79. The highest BCUT2D eigenvalue weighted by molar-refractivity contribution is 5.83. The average molecular weight is 394 g/mol. The number of piperidine rings is 1. The van der Waals surface area contributed by atoms with Gasteiger partial charge in [-0.3, -0.25) is 4.79 Å². The van der Waals surface area contributed by atoms with Crippen LogP contribution in [-0.4, -0.2) is 61.4 Å². The number of β-amino-alcohol motifs (C(OH)–C–C–N with tert-alkyl or cyclic N) is 1. The number of likely N-dealkylation sites (N-methyl/N-ethyl adjacent to an activating group) is 1. The van der Waals surface area contributed by atoms with Gasteiger partial charge in [0.05, 0.1) is 20.3 Å². The second-order valence-corrected chi connectivity index (χ2v) is 7.77. The molecule has 0 saturated carbocycles. The van der Waals surface area contributed by atoms with E-state index in [1.54, 1.807) is 6.07 Å². The Morgan fingerprint density at radius 2 is 1.93 bits per heavy atom. The Labute approximate surface area is 168 Å². The van der Waals surface area contributed by atoms with E-state index >= 15 is 0 Å². The number of carbonyl (C=O) groups excluding carboxylic acids is 1. The molecular weight excluding hydrogens is 358 g/mol. The third kappa shape index (κ3) is 5.39. The van der Waals surface area contributed by atoms with E-state index in [-0.39, 0.29) is 23.9 Å². The second kappa shape index (κ2) is 10.7. The molecule has 0 radical (unpaired) electrons. The first-order chi connectivity index (χ1) is 13.4. The monoisotopic (exact) mass is 393 g/mol. The minimum atomic E-state index is -0.607. The lowest BCUT2D eigenvalue weighted by Gasteiger charge is -2.35. The van der Waals surface area contributed by atoms with Crippen molar-refractivity contribution in [3.05, 3.63) is 17.2 Å². The highest BCUT2D eigenvalue weighted by Gasteiger charge is 2.33. The molecule has 6 nitrogen and oxygen atoms in total. The van der Waals surface area contributed by atoms with Gasteiger partial charge in [-0.05, 0) is 26.4 Å². The molecule has 28 heavy (non-hydrogen) atoms. The summed E-state index contributed by atoms with van der Waals surface area (Å²) in [7, 11) is 5.03. The van der Waals surface area contributed by atoms with Gasteiger partial charge in [0.15, 0.2) is 0 Å². The first-order valence-corrected chi connectivity index (χ1v) is 10.3. The van der Waals surface area contributed by atoms with E-state index in [0.29, 0.717) is 42.0 Å². The molecule has 0 bridgehead atoms. The van der Waals surface area contributed by atoms with Crippen molar-refractivity contribution < 1.29 is 24.5 Å². The number of ketones is 1. The molecule has 0 unspecified atom stereocenters. The van der Waals surface area contributed by atoms with Crippen LogP contribution in [0.25, 0.3) is 0 Å². The largest absolute Gasteiger partial charge is 0.507 e. The van der Waals surface area contributed by atoms with Crippen LogP contribution in [0, 0.1) is 0 Å². The highest BCUT2D eigenvalue weighted by atomic mass is 16.5. The number of carbonyl (C=O) groups is 1. The number of nitrogens with zero attached hydrogens (tertiary/aromatic N) is 1. The minimum absolute atomic E-state index is 0.0201. The third-order valence-corrected chi connectivity index (χ3v) is 5.64. The van der Waals surface area contributed by atoms with Gasteiger partial charge in [-0.1, -0.05) is 26.2 Å². The van der Waals surface area contributed by atoms with Gasteiger partial charge in [-0.2, -0.15) is 0 Å². The van der Waals surface area contributed by atoms with Crippen LogP contribution in [-0.2, 0) is 11.2 Å². The summed E-state index contributed by atoms with van der Waals surface area (Å²) < 4.78 is 10.9. The predicted octanol–water partition coefficient (Wildman–Crippen LogP) is 3.27. The van der Waals surface area contributed by atoms with Crippen LogP contribution in [0.2, 0.25) is 0 Å². The summed E-state index contributed by atoms with van der Waals surface area (Å²) in [6.07, 6.45) is 4.89. The normalized spacial score (nSPS) is 20.2. The number of phenols is 1. The Kier molecular flexibility index (Phi) is 8.58. The number of ether oxygens (including phenoxy) is 2. The van der Waals surface area contributed by atoms with Crippen LogP contribution in [0.4, 0.5) is 0 Å². The van der Waals surface area contributed by atoms with E-state index in [0.717, 1.165) is 32.2 Å². The maximum Gasteiger partial charge on any atom is 0.137 e. The van der Waals surface area contributed by atoms with Crippen LogP contribution >= 0.6 is 0 Å². The third-order valence-electron chi connectivity index (χ3n) is 5.64. The van der Waals surface area contributed by atoms with Gasteiger partial charge in [0.25, 0.3) is 0 Å². The summed E-state index contributed by atoms with van der Waals surface area (Å²) in [5, 5.41) is 21.7. The number of Topliss-reactive ketones (excluding diaryl/α,β-unsaturated/α-hetero) is 1. The molecule has 1 aliphatic rings. The Balaban J connectivity index is 2.30. The van der Waals surface area contributed by atoms with Crippen molar-refractivity contribution in [1.82, 2.24) is 4.90 Å². The molecule has 1 heterocycles. The van der Waals surface area contributed by atoms with Crippen LogP contribution < -0.4 is 9.47 Å². The zero-order valence-electron chi connectivity index (χ0n) is 17.7. The maximum atomic E-state index is 12.5. The number of hydrogen-bond donors (Lipinski definition) is 2. The number of hydrogen-bond acceptors (Lipinski definition) is 6. The number of likely N-dealkylation sites (tertiary alicyclic amines) is 1. The fourth-order valence-corrected chi connectivity index (χ4v) is 4.02. The molecule has 0 aliphatic carbocycles. The van der Waals surface area contributed by atoms with E-state index < -0.39 is 6.10 Å². The number of rotatable bonds is 10. The van der Waals surface area contributed by atoms with Crippen molar-refractivity contribution in [1.29, 1.82) is 0 Å². The predicted molar refractivity (Wildman–Crippen MR) is 110 cm³/mol. The number of aliphatic hydroxyl groups excluding tert-OH is 1. The Morgan fingerprint density at radius 3 is 2.54 bits per heavy atom. The van der Waals surface area contributed by atoms with Gasteiger partial charge in [-0.15, -0.1) is 0 Å². The van der Waals surface area contributed by atoms with Crippen molar-refractivity contribution >= 4 is 5.78 Å². The van der Waals surface area contributed by atoms with E-state index in [2.05, 4.69) is 11.8 Å². The lowest BCUT2D eigenvalue weighted by Crippen LogP contribution is -2.40. The van der Waals surface area contributed by atoms with Crippen LogP contribution in [0.1, 0.15) is 62.5 Å². The number of aliphatic hydroxyl groups is 1. The van der Waals surface area contributed by atoms with Gasteiger partial charge < -0.3 is 24.6 Å². The molecule has 1 saturated heterocycles. The lowest BCUT2D eigenvalue weighted by molar-refractivity contribution is -0.118. The van der Waals surface area contributed by atoms with Crippen molar-refractivity contribution in [2.45, 2.75) is 63.9 Å². The molecule has 0 spiro atoms. The molecule has 6 heteroatoms. The molecule has 1 aromatic carbocycles. The first kappa shape index (κ1) is 22.5. The Bertz CT molecular complexity index is 661. The molecule has 1 fully saturated rings. The van der Waals surface area contributed by atoms with Gasteiger partial charge in [0.2, 0.25) is 0 Å². The molecule has 0 amide bonds. The number of methoxy groups -OCH3 is 2. The smallest absolute Gasteiger partial charge is 0.137 e. The summed E-state index contributed by atoms with van der Waals surface area (Å²) in [5.74, 6) is 0.802. The summed E-state index contributed by atoms with van der Waals surface area (Å²) in [4.78, 5) is 14.6. The number of phenolic OH excluding ortho intramolecular Hbond substituents is 1. The van der Waals surface area contributed by atoms with E-state index in [1.807, 2.05) is 7.05 Å². The van der Waals surface area contributed by atoms with Gasteiger partial charge >= 0.3 is 0 Å². The van der Waals surface area contributed by atoms with E-state index in [4.69, 9.17) is 9.47 Å². The molecule has 0 aromatic heterocycles. The minimum Gasteiger partial charge on any atom is -0.507 e. The van der Waals surface area contributed by atoms with Crippen molar-refractivity contribution in [2.24, 2.45) is 0 Å². The van der Waals surface area contributed by atoms with Crippen molar-refractivity contribution in [3.63, 3.8) is 0 Å². The standard InChI is InChI=1S/C22H35NO5/c1-5-6-7-8-9-15(24)12-17-19(27-3)13-20(28-4)21(22(17)26)16-10-11-23(2)14-18(16)25/h13,16,18,25-26H,5-12,14H2,1-4H3/t16-,18-/m1/s1. The molecule has 2 N–H and O–H groups in total. The lowest BCUT2D eigenvalue weighted by atomic mass is 9.84. The fourth-order valence-electron chi connectivity index (χ4n) is 4.02. The zero-order chi connectivity index (χ0) is 20.7. The highest BCUT2D eigenvalue weighted by Crippen LogP contribution is 2.46. The molecule has 2 rings (SSSR count). The van der Waals surface area contributed by atoms with Gasteiger partial charge in [0.1, 0.15) is 23.0 Å². The summed E-state index contributed by atoms with van der Waals surface area (Å²) in [6, 6.07) is 1.72. The summed E-state index contributed by atoms with van der Waals surface area (Å²) in [5.41, 5.74) is 1.07. The second-order valence-electron chi connectivity index (χ2n) is 7.77. The Morgan fingerprint density at radius 1 is 1.21 bits per heavy atom. The van der Waals surface area contributed by atoms with Gasteiger partial charge in [-0.25, -0.2) is 0 Å². The van der Waals surface area contributed by atoms with Crippen molar-refractivity contribution in [3.8, 4) is 17.2 Å². The molecule has 2 atom stereocenters. The van der Waals surface area contributed by atoms with E-state index in [9.17, 15) is 15.0 Å². The fraction of sp³-hybridized carbons (Fsp3) is 0.682. The number of aromatic hydroxyl groups is 1. The number of unbranched alkanes of at least 4 members (excludes halogenated alkanes) is 3. The van der Waals surface area contributed by atoms with Gasteiger partial charge in [0, 0.05) is 42.5 Å². The summed E-state index contributed by atoms with van der Waals surface area (Å²) in [6.45, 7) is 3.49. The van der Waals surface area contributed by atoms with Crippen LogP contribution in [0.15, 0.2) is 6.07 Å². The summed E-state index contributed by atoms with van der Waals surface area (Å²) >= 11 is 0.